The number of rotatable bonds is 4. The van der Waals surface area contributed by atoms with Gasteiger partial charge in [-0.15, -0.1) is 0 Å². The summed E-state index contributed by atoms with van der Waals surface area (Å²) in [6, 6.07) is 9.96. The predicted octanol–water partition coefficient (Wildman–Crippen LogP) is 2.59. The molecule has 1 rings (SSSR count). The first-order valence-electron chi connectivity index (χ1n) is 5.43. The smallest absolute Gasteiger partial charge is 0.223 e. The molecule has 0 fully saturated rings. The molecule has 0 aliphatic carbocycles. The first-order chi connectivity index (χ1) is 7.11. The van der Waals surface area contributed by atoms with Gasteiger partial charge in [0.25, 0.3) is 0 Å². The zero-order valence-corrected chi connectivity index (χ0v) is 9.66. The lowest BCUT2D eigenvalue weighted by molar-refractivity contribution is -0.125. The average molecular weight is 205 g/mol. The van der Waals surface area contributed by atoms with Crippen molar-refractivity contribution in [2.24, 2.45) is 11.8 Å². The molecular formula is C13H19NO. The van der Waals surface area contributed by atoms with Crippen LogP contribution in [0.3, 0.4) is 0 Å². The van der Waals surface area contributed by atoms with Crippen LogP contribution in [-0.4, -0.2) is 5.91 Å². The molecule has 0 aromatic heterocycles. The summed E-state index contributed by atoms with van der Waals surface area (Å²) in [4.78, 5) is 11.6. The molecule has 1 aromatic carbocycles. The Labute approximate surface area is 91.7 Å². The number of hydrogen-bond acceptors (Lipinski definition) is 1. The van der Waals surface area contributed by atoms with E-state index in [0.29, 0.717) is 12.5 Å². The highest BCUT2D eigenvalue weighted by atomic mass is 16.1. The fraction of sp³-hybridized carbons (Fsp3) is 0.462. The number of carbonyl (C=O) groups excluding carboxylic acids is 1. The molecule has 82 valence electrons. The minimum absolute atomic E-state index is 0.0775. The molecule has 2 heteroatoms. The van der Waals surface area contributed by atoms with Crippen LogP contribution in [0.1, 0.15) is 26.3 Å². The topological polar surface area (TPSA) is 29.1 Å². The van der Waals surface area contributed by atoms with Crippen molar-refractivity contribution in [1.82, 2.24) is 5.32 Å². The highest BCUT2D eigenvalue weighted by Crippen LogP contribution is 2.09. The van der Waals surface area contributed by atoms with E-state index < -0.39 is 0 Å². The van der Waals surface area contributed by atoms with Gasteiger partial charge in [-0.3, -0.25) is 4.79 Å². The lowest BCUT2D eigenvalue weighted by Crippen LogP contribution is -2.31. The fourth-order valence-corrected chi connectivity index (χ4v) is 1.25. The normalized spacial score (nSPS) is 12.5. The molecule has 0 bridgehead atoms. The molecule has 1 N–H and O–H groups in total. The lowest BCUT2D eigenvalue weighted by Gasteiger charge is -2.15. The second kappa shape index (κ2) is 5.54. The first-order valence-corrected chi connectivity index (χ1v) is 5.43. The van der Waals surface area contributed by atoms with E-state index in [-0.39, 0.29) is 11.8 Å². The molecule has 0 saturated carbocycles. The zero-order chi connectivity index (χ0) is 11.3. The molecule has 0 aliphatic heterocycles. The Bertz CT molecular complexity index is 306. The summed E-state index contributed by atoms with van der Waals surface area (Å²) in [7, 11) is 0. The van der Waals surface area contributed by atoms with Gasteiger partial charge in [0.15, 0.2) is 0 Å². The minimum atomic E-state index is 0.0775. The van der Waals surface area contributed by atoms with Crippen LogP contribution in [0.15, 0.2) is 30.3 Å². The second-order valence-corrected chi connectivity index (χ2v) is 4.24. The van der Waals surface area contributed by atoms with Gasteiger partial charge in [0.1, 0.15) is 0 Å². The number of amides is 1. The van der Waals surface area contributed by atoms with Crippen LogP contribution in [0.25, 0.3) is 0 Å². The predicted molar refractivity (Wildman–Crippen MR) is 62.3 cm³/mol. The minimum Gasteiger partial charge on any atom is -0.352 e. The van der Waals surface area contributed by atoms with Gasteiger partial charge >= 0.3 is 0 Å². The highest BCUT2D eigenvalue weighted by Gasteiger charge is 2.15. The van der Waals surface area contributed by atoms with Crippen molar-refractivity contribution in [2.45, 2.75) is 27.3 Å². The molecule has 0 aliphatic rings. The molecular weight excluding hydrogens is 186 g/mol. The molecule has 15 heavy (non-hydrogen) atoms. The van der Waals surface area contributed by atoms with E-state index in [1.54, 1.807) is 0 Å². The number of nitrogens with one attached hydrogen (secondary N) is 1. The van der Waals surface area contributed by atoms with Crippen molar-refractivity contribution in [3.05, 3.63) is 35.9 Å². The molecule has 0 spiro atoms. The van der Waals surface area contributed by atoms with E-state index in [9.17, 15) is 4.79 Å². The maximum absolute atomic E-state index is 11.6. The van der Waals surface area contributed by atoms with Crippen LogP contribution < -0.4 is 5.32 Å². The van der Waals surface area contributed by atoms with Crippen LogP contribution in [0.5, 0.6) is 0 Å². The summed E-state index contributed by atoms with van der Waals surface area (Å²) in [5.41, 5.74) is 1.14. The van der Waals surface area contributed by atoms with Crippen LogP contribution in [0, 0.1) is 11.8 Å². The first kappa shape index (κ1) is 11.8. The Balaban J connectivity index is 2.41. The number of benzene rings is 1. The second-order valence-electron chi connectivity index (χ2n) is 4.24. The third-order valence-corrected chi connectivity index (χ3v) is 2.72. The summed E-state index contributed by atoms with van der Waals surface area (Å²) in [6.07, 6.45) is 0. The maximum Gasteiger partial charge on any atom is 0.223 e. The quantitative estimate of drug-likeness (QED) is 0.804. The molecule has 0 unspecified atom stereocenters. The fourth-order valence-electron chi connectivity index (χ4n) is 1.25. The van der Waals surface area contributed by atoms with Crippen LogP contribution >= 0.6 is 0 Å². The van der Waals surface area contributed by atoms with Crippen molar-refractivity contribution in [3.63, 3.8) is 0 Å². The van der Waals surface area contributed by atoms with Gasteiger partial charge in [-0.2, -0.15) is 0 Å². The zero-order valence-electron chi connectivity index (χ0n) is 9.66. The summed E-state index contributed by atoms with van der Waals surface area (Å²) >= 11 is 0. The standard InChI is InChI=1S/C13H19NO/c1-10(2)11(3)13(15)14-9-12-7-5-4-6-8-12/h4-8,10-11H,9H2,1-3H3,(H,14,15)/t11-/m1/s1. The van der Waals surface area contributed by atoms with E-state index in [1.165, 1.54) is 0 Å². The SMILES string of the molecule is CC(C)[C@@H](C)C(=O)NCc1ccccc1. The van der Waals surface area contributed by atoms with Crippen molar-refractivity contribution < 1.29 is 4.79 Å². The van der Waals surface area contributed by atoms with Gasteiger partial charge < -0.3 is 5.32 Å². The largest absolute Gasteiger partial charge is 0.352 e. The van der Waals surface area contributed by atoms with Crippen LogP contribution in [0.4, 0.5) is 0 Å². The molecule has 0 heterocycles. The number of hydrogen-bond donors (Lipinski definition) is 1. The Kier molecular flexibility index (Phi) is 4.35. The Morgan fingerprint density at radius 2 is 1.80 bits per heavy atom. The Morgan fingerprint density at radius 1 is 1.20 bits per heavy atom. The van der Waals surface area contributed by atoms with E-state index in [4.69, 9.17) is 0 Å². The van der Waals surface area contributed by atoms with Gasteiger partial charge in [0.2, 0.25) is 5.91 Å². The third kappa shape index (κ3) is 3.74. The van der Waals surface area contributed by atoms with Crippen molar-refractivity contribution in [2.75, 3.05) is 0 Å². The monoisotopic (exact) mass is 205 g/mol. The van der Waals surface area contributed by atoms with E-state index in [0.717, 1.165) is 5.56 Å². The highest BCUT2D eigenvalue weighted by molar-refractivity contribution is 5.78. The van der Waals surface area contributed by atoms with Crippen LogP contribution in [0.2, 0.25) is 0 Å². The van der Waals surface area contributed by atoms with E-state index in [1.807, 2.05) is 37.3 Å². The molecule has 1 atom stereocenters. The maximum atomic E-state index is 11.6. The van der Waals surface area contributed by atoms with Gasteiger partial charge in [0, 0.05) is 12.5 Å². The molecule has 1 aromatic rings. The average Bonchev–Trinajstić information content (AvgIpc) is 2.26. The van der Waals surface area contributed by atoms with Gasteiger partial charge in [-0.25, -0.2) is 0 Å². The van der Waals surface area contributed by atoms with Crippen LogP contribution in [-0.2, 0) is 11.3 Å². The summed E-state index contributed by atoms with van der Waals surface area (Å²) in [5.74, 6) is 0.600. The van der Waals surface area contributed by atoms with Gasteiger partial charge in [-0.05, 0) is 11.5 Å². The lowest BCUT2D eigenvalue weighted by atomic mass is 9.97. The van der Waals surface area contributed by atoms with E-state index in [2.05, 4.69) is 19.2 Å². The Morgan fingerprint density at radius 3 is 2.33 bits per heavy atom. The third-order valence-electron chi connectivity index (χ3n) is 2.72. The van der Waals surface area contributed by atoms with Gasteiger partial charge in [-0.1, -0.05) is 51.1 Å². The molecule has 1 amide bonds. The van der Waals surface area contributed by atoms with Crippen molar-refractivity contribution in [1.29, 1.82) is 0 Å². The van der Waals surface area contributed by atoms with Crippen molar-refractivity contribution in [3.8, 4) is 0 Å². The van der Waals surface area contributed by atoms with Gasteiger partial charge in [0.05, 0.1) is 0 Å². The van der Waals surface area contributed by atoms with Crippen molar-refractivity contribution >= 4 is 5.91 Å². The molecule has 0 saturated heterocycles. The Hall–Kier alpha value is -1.31. The summed E-state index contributed by atoms with van der Waals surface area (Å²) < 4.78 is 0. The molecule has 0 radical (unpaired) electrons. The molecule has 2 nitrogen and oxygen atoms in total. The number of carbonyl (C=O) groups is 1. The van der Waals surface area contributed by atoms with E-state index >= 15 is 0 Å². The summed E-state index contributed by atoms with van der Waals surface area (Å²) in [6.45, 7) is 6.71. The summed E-state index contributed by atoms with van der Waals surface area (Å²) in [5, 5.41) is 2.94.